The van der Waals surface area contributed by atoms with Crippen LogP contribution >= 0.6 is 0 Å². The number of hydrogen-bond acceptors (Lipinski definition) is 6. The van der Waals surface area contributed by atoms with E-state index in [9.17, 15) is 17.6 Å². The molecule has 0 spiro atoms. The van der Waals surface area contributed by atoms with Crippen molar-refractivity contribution in [1.82, 2.24) is 9.97 Å². The molecule has 0 aliphatic heterocycles. The Hall–Kier alpha value is -3.69. The topological polar surface area (TPSA) is 65.4 Å². The van der Waals surface area contributed by atoms with Gasteiger partial charge in [-0.15, -0.1) is 0 Å². The van der Waals surface area contributed by atoms with E-state index >= 15 is 0 Å². The molecule has 0 fully saturated rings. The largest absolute Gasteiger partial charge is 0.416 e. The molecule has 0 radical (unpaired) electrons. The van der Waals surface area contributed by atoms with Crippen molar-refractivity contribution in [3.8, 4) is 0 Å². The molecule has 6 nitrogen and oxygen atoms in total. The molecule has 1 atom stereocenters. The van der Waals surface area contributed by atoms with Gasteiger partial charge < -0.3 is 10.2 Å². The highest BCUT2D eigenvalue weighted by Crippen LogP contribution is 2.31. The van der Waals surface area contributed by atoms with Crippen molar-refractivity contribution in [2.75, 3.05) is 22.2 Å². The van der Waals surface area contributed by atoms with Gasteiger partial charge in [-0.05, 0) is 68.1 Å². The van der Waals surface area contributed by atoms with E-state index in [4.69, 9.17) is 0 Å². The van der Waals surface area contributed by atoms with Gasteiger partial charge in [-0.1, -0.05) is 26.0 Å². The van der Waals surface area contributed by atoms with Crippen LogP contribution < -0.4 is 15.6 Å². The highest BCUT2D eigenvalue weighted by atomic mass is 19.4. The normalized spacial score (nSPS) is 12.6. The van der Waals surface area contributed by atoms with Crippen LogP contribution in [0.2, 0.25) is 0 Å². The Bertz CT molecular complexity index is 1200. The Balaban J connectivity index is 1.74. The number of hydrogen-bond donors (Lipinski definition) is 2. The van der Waals surface area contributed by atoms with Crippen molar-refractivity contribution in [3.05, 3.63) is 71.2 Å². The highest BCUT2D eigenvalue weighted by Gasteiger charge is 2.30. The van der Waals surface area contributed by atoms with E-state index in [0.29, 0.717) is 24.3 Å². The Labute approximate surface area is 208 Å². The lowest BCUT2D eigenvalue weighted by Crippen LogP contribution is -2.34. The predicted molar refractivity (Wildman–Crippen MR) is 137 cm³/mol. The maximum atomic E-state index is 14.4. The first-order valence-electron chi connectivity index (χ1n) is 11.8. The molecular weight excluding hydrogens is 472 g/mol. The Kier molecular flexibility index (Phi) is 8.84. The van der Waals surface area contributed by atoms with Crippen molar-refractivity contribution in [1.29, 1.82) is 0 Å². The van der Waals surface area contributed by atoms with Crippen molar-refractivity contribution in [2.24, 2.45) is 5.10 Å². The van der Waals surface area contributed by atoms with Gasteiger partial charge in [0.15, 0.2) is 11.6 Å². The molecule has 1 heterocycles. The number of halogens is 4. The van der Waals surface area contributed by atoms with E-state index in [0.717, 1.165) is 35.9 Å². The van der Waals surface area contributed by atoms with Crippen molar-refractivity contribution in [2.45, 2.75) is 52.8 Å². The van der Waals surface area contributed by atoms with Crippen LogP contribution in [0.4, 0.5) is 40.7 Å². The molecule has 0 saturated heterocycles. The van der Waals surface area contributed by atoms with Crippen molar-refractivity contribution >= 4 is 29.4 Å². The van der Waals surface area contributed by atoms with Crippen molar-refractivity contribution < 1.29 is 17.6 Å². The predicted octanol–water partition coefficient (Wildman–Crippen LogP) is 7.01. The number of hydrazone groups is 1. The standard InChI is InChI=1S/C26H30F4N6/c1-5-17(4)36(7-3)24-23(27)16-31-25(34-24)35-32-15-19-11-12-22(13-18(19)6-2)33-21-10-8-9-20(14-21)26(28,29)30/h8-17,33H,5-7H2,1-4H3,(H,31,34,35)/b32-15+. The Morgan fingerprint density at radius 2 is 1.83 bits per heavy atom. The van der Waals surface area contributed by atoms with Gasteiger partial charge in [-0.3, -0.25) is 0 Å². The summed E-state index contributed by atoms with van der Waals surface area (Å²) in [6, 6.07) is 10.6. The lowest BCUT2D eigenvalue weighted by molar-refractivity contribution is -0.137. The van der Waals surface area contributed by atoms with Crippen molar-refractivity contribution in [3.63, 3.8) is 0 Å². The quantitative estimate of drug-likeness (QED) is 0.177. The molecule has 0 bridgehead atoms. The molecule has 0 amide bonds. The van der Waals surface area contributed by atoms with E-state index in [1.165, 1.54) is 6.07 Å². The molecule has 0 saturated carbocycles. The molecule has 2 N–H and O–H groups in total. The zero-order chi connectivity index (χ0) is 26.3. The molecule has 3 rings (SSSR count). The molecule has 10 heteroatoms. The third-order valence-electron chi connectivity index (χ3n) is 5.83. The van der Waals surface area contributed by atoms with Crippen LogP contribution in [0.25, 0.3) is 0 Å². The molecular formula is C26H30F4N6. The molecule has 36 heavy (non-hydrogen) atoms. The monoisotopic (exact) mass is 502 g/mol. The number of alkyl halides is 3. The summed E-state index contributed by atoms with van der Waals surface area (Å²) in [6.07, 6.45) is -0.159. The summed E-state index contributed by atoms with van der Waals surface area (Å²) in [7, 11) is 0. The van der Waals surface area contributed by atoms with Crippen LogP contribution in [-0.4, -0.2) is 28.8 Å². The fraction of sp³-hybridized carbons (Fsp3) is 0.346. The molecule has 0 aliphatic rings. The minimum atomic E-state index is -4.41. The lowest BCUT2D eigenvalue weighted by Gasteiger charge is -2.28. The summed E-state index contributed by atoms with van der Waals surface area (Å²) >= 11 is 0. The number of nitrogens with one attached hydrogen (secondary N) is 2. The van der Waals surface area contributed by atoms with Gasteiger partial charge in [0.05, 0.1) is 18.0 Å². The van der Waals surface area contributed by atoms with Gasteiger partial charge in [0, 0.05) is 24.0 Å². The summed E-state index contributed by atoms with van der Waals surface area (Å²) in [6.45, 7) is 8.55. The summed E-state index contributed by atoms with van der Waals surface area (Å²) < 4.78 is 53.3. The molecule has 2 aromatic carbocycles. The van der Waals surface area contributed by atoms with Crippen LogP contribution in [-0.2, 0) is 12.6 Å². The third kappa shape index (κ3) is 6.71. The number of nitrogens with zero attached hydrogens (tertiary/aromatic N) is 4. The summed E-state index contributed by atoms with van der Waals surface area (Å²) in [5, 5.41) is 7.23. The van der Waals surface area contributed by atoms with Gasteiger partial charge in [0.1, 0.15) is 0 Å². The van der Waals surface area contributed by atoms with Gasteiger partial charge in [0.2, 0.25) is 5.95 Å². The highest BCUT2D eigenvalue weighted by molar-refractivity contribution is 5.83. The van der Waals surface area contributed by atoms with Crippen LogP contribution in [0.15, 0.2) is 53.8 Å². The number of aromatic nitrogens is 2. The maximum Gasteiger partial charge on any atom is 0.416 e. The average molecular weight is 503 g/mol. The fourth-order valence-electron chi connectivity index (χ4n) is 3.72. The van der Waals surface area contributed by atoms with Crippen LogP contribution in [0.1, 0.15) is 50.8 Å². The molecule has 1 unspecified atom stereocenters. The smallest absolute Gasteiger partial charge is 0.356 e. The first kappa shape index (κ1) is 26.9. The van der Waals surface area contributed by atoms with Crippen LogP contribution in [0, 0.1) is 5.82 Å². The second kappa shape index (κ2) is 11.8. The number of rotatable bonds is 10. The van der Waals surface area contributed by atoms with E-state index < -0.39 is 17.6 Å². The average Bonchev–Trinajstić information content (AvgIpc) is 2.86. The summed E-state index contributed by atoms with van der Waals surface area (Å²) in [5.74, 6) is -0.104. The molecule has 0 aliphatic carbocycles. The molecule has 3 aromatic rings. The fourth-order valence-corrected chi connectivity index (χ4v) is 3.72. The van der Waals surface area contributed by atoms with Gasteiger partial charge in [-0.25, -0.2) is 14.8 Å². The number of benzene rings is 2. The zero-order valence-corrected chi connectivity index (χ0v) is 20.7. The second-order valence-electron chi connectivity index (χ2n) is 8.25. The first-order valence-corrected chi connectivity index (χ1v) is 11.8. The number of aryl methyl sites for hydroxylation is 1. The van der Waals surface area contributed by atoms with E-state index in [2.05, 4.69) is 25.8 Å². The minimum absolute atomic E-state index is 0.117. The van der Waals surface area contributed by atoms with Gasteiger partial charge >= 0.3 is 6.18 Å². The van der Waals surface area contributed by atoms with E-state index in [1.54, 1.807) is 18.3 Å². The minimum Gasteiger partial charge on any atom is -0.356 e. The summed E-state index contributed by atoms with van der Waals surface area (Å²) in [5.41, 5.74) is 4.80. The maximum absolute atomic E-state index is 14.4. The molecule has 1 aromatic heterocycles. The third-order valence-corrected chi connectivity index (χ3v) is 5.83. The zero-order valence-electron chi connectivity index (χ0n) is 20.7. The first-order chi connectivity index (χ1) is 17.2. The van der Waals surface area contributed by atoms with E-state index in [-0.39, 0.29) is 17.8 Å². The van der Waals surface area contributed by atoms with Gasteiger partial charge in [0.25, 0.3) is 0 Å². The summed E-state index contributed by atoms with van der Waals surface area (Å²) in [4.78, 5) is 10.1. The van der Waals surface area contributed by atoms with Crippen LogP contribution in [0.3, 0.4) is 0 Å². The van der Waals surface area contributed by atoms with Crippen LogP contribution in [0.5, 0.6) is 0 Å². The lowest BCUT2D eigenvalue weighted by atomic mass is 10.0. The van der Waals surface area contributed by atoms with Gasteiger partial charge in [-0.2, -0.15) is 23.3 Å². The Morgan fingerprint density at radius 1 is 1.08 bits per heavy atom. The van der Waals surface area contributed by atoms with E-state index in [1.807, 2.05) is 44.7 Å². The number of anilines is 4. The SMILES string of the molecule is CCc1cc(Nc2cccc(C(F)(F)F)c2)ccc1/C=N/Nc1ncc(F)c(N(CC)C(C)CC)n1. The second-order valence-corrected chi connectivity index (χ2v) is 8.25. The Morgan fingerprint density at radius 3 is 2.50 bits per heavy atom. The molecule has 192 valence electrons.